The van der Waals surface area contributed by atoms with Gasteiger partial charge < -0.3 is 10.3 Å². The van der Waals surface area contributed by atoms with Crippen LogP contribution in [-0.2, 0) is 13.0 Å². The van der Waals surface area contributed by atoms with Crippen LogP contribution in [0.2, 0.25) is 0 Å². The molecule has 1 atom stereocenters. The minimum atomic E-state index is 0.563. The highest BCUT2D eigenvalue weighted by Crippen LogP contribution is 2.25. The van der Waals surface area contributed by atoms with Gasteiger partial charge in [0.25, 0.3) is 0 Å². The van der Waals surface area contributed by atoms with E-state index in [2.05, 4.69) is 34.0 Å². The predicted molar refractivity (Wildman–Crippen MR) is 86.2 cm³/mol. The molecule has 0 spiro atoms. The second-order valence-electron chi connectivity index (χ2n) is 7.23. The van der Waals surface area contributed by atoms with Crippen molar-refractivity contribution in [2.24, 2.45) is 5.92 Å². The Morgan fingerprint density at radius 3 is 2.90 bits per heavy atom. The van der Waals surface area contributed by atoms with Gasteiger partial charge in [-0.2, -0.15) is 0 Å². The number of nitrogens with one attached hydrogen (secondary N) is 2. The highest BCUT2D eigenvalue weighted by atomic mass is 15.2. The topological polar surface area (TPSA) is 44.0 Å². The number of fused-ring (bicyclic) bond motifs is 1. The lowest BCUT2D eigenvalue weighted by Gasteiger charge is -2.34. The number of hydrogen-bond acceptors (Lipinski definition) is 3. The van der Waals surface area contributed by atoms with Crippen molar-refractivity contribution in [1.29, 1.82) is 0 Å². The average molecular weight is 290 g/mol. The van der Waals surface area contributed by atoms with Crippen molar-refractivity contribution in [3.8, 4) is 0 Å². The number of hydrogen-bond donors (Lipinski definition) is 2. The molecule has 4 nitrogen and oxygen atoms in total. The van der Waals surface area contributed by atoms with Crippen molar-refractivity contribution < 1.29 is 0 Å². The van der Waals surface area contributed by atoms with Crippen molar-refractivity contribution in [2.75, 3.05) is 13.1 Å². The van der Waals surface area contributed by atoms with Crippen LogP contribution < -0.4 is 5.32 Å². The van der Waals surface area contributed by atoms with Crippen LogP contribution >= 0.6 is 0 Å². The molecule has 0 radical (unpaired) electrons. The smallest absolute Gasteiger partial charge is 0.0925 e. The Kier molecular flexibility index (Phi) is 4.96. The minimum absolute atomic E-state index is 0.563. The molecule has 118 valence electrons. The molecule has 1 fully saturated rings. The van der Waals surface area contributed by atoms with Gasteiger partial charge in [-0.05, 0) is 31.7 Å². The molecular weight excluding hydrogens is 260 g/mol. The van der Waals surface area contributed by atoms with Gasteiger partial charge in [0, 0.05) is 31.6 Å². The highest BCUT2D eigenvalue weighted by molar-refractivity contribution is 5.16. The highest BCUT2D eigenvalue weighted by Gasteiger charge is 2.27. The quantitative estimate of drug-likeness (QED) is 0.846. The lowest BCUT2D eigenvalue weighted by Crippen LogP contribution is -2.48. The Morgan fingerprint density at radius 1 is 1.33 bits per heavy atom. The van der Waals surface area contributed by atoms with Crippen molar-refractivity contribution in [3.63, 3.8) is 0 Å². The van der Waals surface area contributed by atoms with Crippen LogP contribution in [0.15, 0.2) is 6.33 Å². The molecule has 0 amide bonds. The van der Waals surface area contributed by atoms with E-state index in [4.69, 9.17) is 0 Å². The van der Waals surface area contributed by atoms with E-state index in [-0.39, 0.29) is 0 Å². The molecule has 0 aromatic carbocycles. The monoisotopic (exact) mass is 290 g/mol. The fourth-order valence-electron chi connectivity index (χ4n) is 3.76. The molecule has 1 aliphatic heterocycles. The molecule has 2 aliphatic rings. The van der Waals surface area contributed by atoms with E-state index in [0.29, 0.717) is 6.04 Å². The lowest BCUT2D eigenvalue weighted by atomic mass is 10.0. The summed E-state index contributed by atoms with van der Waals surface area (Å²) in [6, 6.07) is 1.39. The Balaban J connectivity index is 1.58. The van der Waals surface area contributed by atoms with E-state index in [0.717, 1.165) is 24.9 Å². The normalized spacial score (nSPS) is 23.1. The standard InChI is InChI=1S/C17H30N4/c1-13(2)7-8-21(15-5-3-4-6-15)11-14-9-16-17(10-18-14)20-12-19-16/h12-15,18H,3-11H2,1-2H3,(H,19,20). The summed E-state index contributed by atoms with van der Waals surface area (Å²) >= 11 is 0. The van der Waals surface area contributed by atoms with Gasteiger partial charge in [-0.3, -0.25) is 4.90 Å². The Labute approximate surface area is 128 Å². The third-order valence-electron chi connectivity index (χ3n) is 5.10. The number of imidazole rings is 1. The van der Waals surface area contributed by atoms with Gasteiger partial charge in [0.1, 0.15) is 0 Å². The van der Waals surface area contributed by atoms with Gasteiger partial charge >= 0.3 is 0 Å². The summed E-state index contributed by atoms with van der Waals surface area (Å²) in [6.07, 6.45) is 9.87. The first-order valence-corrected chi connectivity index (χ1v) is 8.71. The first-order chi connectivity index (χ1) is 10.2. The summed E-state index contributed by atoms with van der Waals surface area (Å²) in [5.74, 6) is 0.797. The zero-order valence-corrected chi connectivity index (χ0v) is 13.6. The fraction of sp³-hybridized carbons (Fsp3) is 0.824. The number of aromatic nitrogens is 2. The van der Waals surface area contributed by atoms with Gasteiger partial charge in [-0.25, -0.2) is 4.98 Å². The number of H-pyrrole nitrogens is 1. The molecule has 1 aromatic heterocycles. The third kappa shape index (κ3) is 3.86. The summed E-state index contributed by atoms with van der Waals surface area (Å²) in [4.78, 5) is 10.5. The molecule has 0 bridgehead atoms. The Morgan fingerprint density at radius 2 is 2.14 bits per heavy atom. The van der Waals surface area contributed by atoms with Gasteiger partial charge in [0.05, 0.1) is 17.7 Å². The van der Waals surface area contributed by atoms with E-state index >= 15 is 0 Å². The first-order valence-electron chi connectivity index (χ1n) is 8.71. The van der Waals surface area contributed by atoms with Crippen molar-refractivity contribution >= 4 is 0 Å². The number of rotatable bonds is 6. The molecule has 1 aliphatic carbocycles. The summed E-state index contributed by atoms with van der Waals surface area (Å²) < 4.78 is 0. The molecule has 3 rings (SSSR count). The van der Waals surface area contributed by atoms with Crippen molar-refractivity contribution in [2.45, 2.75) is 71.0 Å². The molecule has 2 heterocycles. The van der Waals surface area contributed by atoms with Crippen molar-refractivity contribution in [1.82, 2.24) is 20.2 Å². The van der Waals surface area contributed by atoms with Gasteiger partial charge in [-0.15, -0.1) is 0 Å². The molecule has 1 unspecified atom stereocenters. The maximum absolute atomic E-state index is 4.47. The van der Waals surface area contributed by atoms with Crippen LogP contribution in [0, 0.1) is 5.92 Å². The zero-order chi connectivity index (χ0) is 14.7. The maximum atomic E-state index is 4.47. The van der Waals surface area contributed by atoms with Crippen LogP contribution in [0.1, 0.15) is 57.3 Å². The molecule has 1 saturated carbocycles. The summed E-state index contributed by atoms with van der Waals surface area (Å²) in [5, 5.41) is 3.69. The van der Waals surface area contributed by atoms with Crippen LogP contribution in [0.4, 0.5) is 0 Å². The van der Waals surface area contributed by atoms with Crippen LogP contribution in [0.5, 0.6) is 0 Å². The van der Waals surface area contributed by atoms with Gasteiger partial charge in [0.15, 0.2) is 0 Å². The SMILES string of the molecule is CC(C)CCN(CC1Cc2nc[nH]c2CN1)C1CCCC1. The maximum Gasteiger partial charge on any atom is 0.0925 e. The van der Waals surface area contributed by atoms with Gasteiger partial charge in [0.2, 0.25) is 0 Å². The van der Waals surface area contributed by atoms with Crippen LogP contribution in [0.25, 0.3) is 0 Å². The molecule has 4 heteroatoms. The van der Waals surface area contributed by atoms with Crippen molar-refractivity contribution in [3.05, 3.63) is 17.7 Å². The van der Waals surface area contributed by atoms with Crippen LogP contribution in [-0.4, -0.2) is 40.0 Å². The number of aromatic amines is 1. The van der Waals surface area contributed by atoms with Crippen LogP contribution in [0.3, 0.4) is 0 Å². The zero-order valence-electron chi connectivity index (χ0n) is 13.6. The number of nitrogens with zero attached hydrogens (tertiary/aromatic N) is 2. The summed E-state index contributed by atoms with van der Waals surface area (Å²) in [6.45, 7) is 8.06. The third-order valence-corrected chi connectivity index (χ3v) is 5.10. The average Bonchev–Trinajstić information content (AvgIpc) is 3.13. The summed E-state index contributed by atoms with van der Waals surface area (Å²) in [7, 11) is 0. The second kappa shape index (κ2) is 6.93. The lowest BCUT2D eigenvalue weighted by molar-refractivity contribution is 0.165. The molecule has 0 saturated heterocycles. The molecule has 1 aromatic rings. The van der Waals surface area contributed by atoms with E-state index in [1.165, 1.54) is 56.6 Å². The van der Waals surface area contributed by atoms with E-state index < -0.39 is 0 Å². The Bertz CT molecular complexity index is 434. The second-order valence-corrected chi connectivity index (χ2v) is 7.23. The molecule has 2 N–H and O–H groups in total. The molecule has 21 heavy (non-hydrogen) atoms. The van der Waals surface area contributed by atoms with E-state index in [1.807, 2.05) is 6.33 Å². The predicted octanol–water partition coefficient (Wildman–Crippen LogP) is 2.71. The minimum Gasteiger partial charge on any atom is -0.347 e. The largest absolute Gasteiger partial charge is 0.347 e. The first kappa shape index (κ1) is 15.0. The fourth-order valence-corrected chi connectivity index (χ4v) is 3.76. The van der Waals surface area contributed by atoms with E-state index in [9.17, 15) is 0 Å². The Hall–Kier alpha value is -0.870. The van der Waals surface area contributed by atoms with E-state index in [1.54, 1.807) is 0 Å². The summed E-state index contributed by atoms with van der Waals surface area (Å²) in [5.41, 5.74) is 2.55. The van der Waals surface area contributed by atoms with Gasteiger partial charge in [-0.1, -0.05) is 26.7 Å². The molecular formula is C17H30N4.